The Hall–Kier alpha value is -1.43. The molecule has 1 aromatic heterocycles. The Bertz CT molecular complexity index is 363. The molecular weight excluding hydrogens is 204 g/mol. The zero-order chi connectivity index (χ0) is 11.5. The van der Waals surface area contributed by atoms with Gasteiger partial charge >= 0.3 is 0 Å². The summed E-state index contributed by atoms with van der Waals surface area (Å²) in [6, 6.07) is 0. The molecule has 1 saturated heterocycles. The van der Waals surface area contributed by atoms with Gasteiger partial charge in [-0.1, -0.05) is 0 Å². The molecule has 1 aromatic rings. The van der Waals surface area contributed by atoms with Gasteiger partial charge in [-0.3, -0.25) is 15.0 Å². The molecule has 88 valence electrons. The van der Waals surface area contributed by atoms with Crippen molar-refractivity contribution in [1.82, 2.24) is 19.7 Å². The Kier molecular flexibility index (Phi) is 3.19. The van der Waals surface area contributed by atoms with Crippen LogP contribution in [0.3, 0.4) is 0 Å². The van der Waals surface area contributed by atoms with Gasteiger partial charge in [0.25, 0.3) is 0 Å². The molecule has 6 nitrogen and oxygen atoms in total. The SMILES string of the molecule is Cn1ncnc1CN1CCC(C(=N)N)CC1. The molecule has 0 spiro atoms. The number of hydrogen-bond acceptors (Lipinski definition) is 4. The van der Waals surface area contributed by atoms with Gasteiger partial charge in [-0.25, -0.2) is 4.98 Å². The fraction of sp³-hybridized carbons (Fsp3) is 0.700. The number of aryl methyl sites for hydroxylation is 1. The van der Waals surface area contributed by atoms with Crippen LogP contribution >= 0.6 is 0 Å². The first kappa shape index (κ1) is 11.1. The van der Waals surface area contributed by atoms with Crippen molar-refractivity contribution in [3.63, 3.8) is 0 Å². The van der Waals surface area contributed by atoms with Crippen molar-refractivity contribution in [1.29, 1.82) is 5.41 Å². The summed E-state index contributed by atoms with van der Waals surface area (Å²) < 4.78 is 1.80. The normalized spacial score (nSPS) is 18.8. The molecule has 1 aliphatic rings. The summed E-state index contributed by atoms with van der Waals surface area (Å²) >= 11 is 0. The summed E-state index contributed by atoms with van der Waals surface area (Å²) in [7, 11) is 1.91. The van der Waals surface area contributed by atoms with Crippen molar-refractivity contribution < 1.29 is 0 Å². The molecule has 0 amide bonds. The minimum absolute atomic E-state index is 0.274. The van der Waals surface area contributed by atoms with Gasteiger partial charge in [0.1, 0.15) is 12.2 Å². The largest absolute Gasteiger partial charge is 0.387 e. The number of hydrogen-bond donors (Lipinski definition) is 2. The van der Waals surface area contributed by atoms with E-state index in [9.17, 15) is 0 Å². The van der Waals surface area contributed by atoms with Crippen molar-refractivity contribution in [3.05, 3.63) is 12.2 Å². The van der Waals surface area contributed by atoms with Crippen LogP contribution in [0.4, 0.5) is 0 Å². The van der Waals surface area contributed by atoms with Gasteiger partial charge in [0.05, 0.1) is 12.4 Å². The molecule has 6 heteroatoms. The van der Waals surface area contributed by atoms with Gasteiger partial charge in [0.2, 0.25) is 0 Å². The smallest absolute Gasteiger partial charge is 0.140 e. The van der Waals surface area contributed by atoms with E-state index in [0.29, 0.717) is 5.84 Å². The number of nitrogens with two attached hydrogens (primary N) is 1. The summed E-state index contributed by atoms with van der Waals surface area (Å²) in [4.78, 5) is 6.54. The summed E-state index contributed by atoms with van der Waals surface area (Å²) in [5.74, 6) is 1.59. The van der Waals surface area contributed by atoms with E-state index in [4.69, 9.17) is 11.1 Å². The summed E-state index contributed by atoms with van der Waals surface area (Å²) in [6.45, 7) is 2.80. The van der Waals surface area contributed by atoms with Gasteiger partial charge in [0, 0.05) is 13.0 Å². The van der Waals surface area contributed by atoms with Gasteiger partial charge in [-0.15, -0.1) is 0 Å². The molecule has 3 N–H and O–H groups in total. The lowest BCUT2D eigenvalue weighted by molar-refractivity contribution is 0.194. The van der Waals surface area contributed by atoms with Crippen LogP contribution in [0.15, 0.2) is 6.33 Å². The highest BCUT2D eigenvalue weighted by Crippen LogP contribution is 2.17. The van der Waals surface area contributed by atoms with E-state index in [1.165, 1.54) is 0 Å². The molecule has 2 heterocycles. The Morgan fingerprint density at radius 1 is 1.56 bits per heavy atom. The lowest BCUT2D eigenvalue weighted by Gasteiger charge is -2.30. The first-order chi connectivity index (χ1) is 7.66. The molecule has 0 radical (unpaired) electrons. The molecule has 16 heavy (non-hydrogen) atoms. The average Bonchev–Trinajstić information content (AvgIpc) is 2.65. The standard InChI is InChI=1S/C10H18N6/c1-15-9(13-7-14-15)6-16-4-2-8(3-5-16)10(11)12/h7-8H,2-6H2,1H3,(H3,11,12). The molecule has 2 rings (SSSR count). The van der Waals surface area contributed by atoms with Crippen LogP contribution in [0, 0.1) is 11.3 Å². The van der Waals surface area contributed by atoms with Crippen molar-refractivity contribution in [2.75, 3.05) is 13.1 Å². The fourth-order valence-corrected chi connectivity index (χ4v) is 2.07. The number of aromatic nitrogens is 3. The highest BCUT2D eigenvalue weighted by molar-refractivity contribution is 5.79. The predicted octanol–water partition coefficient (Wildman–Crippen LogP) is -0.0369. The second kappa shape index (κ2) is 4.61. The van der Waals surface area contributed by atoms with Crippen LogP contribution < -0.4 is 5.73 Å². The number of rotatable bonds is 3. The monoisotopic (exact) mass is 222 g/mol. The Balaban J connectivity index is 1.86. The minimum atomic E-state index is 0.274. The first-order valence-corrected chi connectivity index (χ1v) is 5.56. The molecule has 0 unspecified atom stereocenters. The first-order valence-electron chi connectivity index (χ1n) is 5.56. The fourth-order valence-electron chi connectivity index (χ4n) is 2.07. The molecule has 0 saturated carbocycles. The van der Waals surface area contributed by atoms with Crippen molar-refractivity contribution in [2.24, 2.45) is 18.7 Å². The zero-order valence-corrected chi connectivity index (χ0v) is 9.56. The number of nitrogens with one attached hydrogen (secondary N) is 1. The predicted molar refractivity (Wildman–Crippen MR) is 60.9 cm³/mol. The molecule has 0 aliphatic carbocycles. The Labute approximate surface area is 95.0 Å². The van der Waals surface area contributed by atoms with E-state index in [0.717, 1.165) is 38.3 Å². The molecule has 0 atom stereocenters. The van der Waals surface area contributed by atoms with Crippen molar-refractivity contribution in [3.8, 4) is 0 Å². The van der Waals surface area contributed by atoms with Crippen LogP contribution in [0.1, 0.15) is 18.7 Å². The third kappa shape index (κ3) is 2.38. The van der Waals surface area contributed by atoms with E-state index in [-0.39, 0.29) is 5.92 Å². The zero-order valence-electron chi connectivity index (χ0n) is 9.56. The van der Waals surface area contributed by atoms with Gasteiger partial charge < -0.3 is 5.73 Å². The van der Waals surface area contributed by atoms with Crippen LogP contribution in [0.2, 0.25) is 0 Å². The molecule has 1 aliphatic heterocycles. The maximum atomic E-state index is 7.42. The molecule has 0 aromatic carbocycles. The topological polar surface area (TPSA) is 83.8 Å². The number of likely N-dealkylation sites (tertiary alicyclic amines) is 1. The van der Waals surface area contributed by atoms with Crippen LogP contribution in [-0.4, -0.2) is 38.6 Å². The van der Waals surface area contributed by atoms with Crippen LogP contribution in [-0.2, 0) is 13.6 Å². The Morgan fingerprint density at radius 2 is 2.25 bits per heavy atom. The third-order valence-corrected chi connectivity index (χ3v) is 3.20. The van der Waals surface area contributed by atoms with Gasteiger partial charge in [0.15, 0.2) is 0 Å². The molecule has 0 bridgehead atoms. The minimum Gasteiger partial charge on any atom is -0.387 e. The summed E-state index contributed by atoms with van der Waals surface area (Å²) in [5, 5.41) is 11.5. The van der Waals surface area contributed by atoms with Gasteiger partial charge in [-0.05, 0) is 25.9 Å². The molecule has 1 fully saturated rings. The van der Waals surface area contributed by atoms with E-state index < -0.39 is 0 Å². The maximum absolute atomic E-state index is 7.42. The second-order valence-electron chi connectivity index (χ2n) is 4.31. The lowest BCUT2D eigenvalue weighted by Crippen LogP contribution is -2.38. The second-order valence-corrected chi connectivity index (χ2v) is 4.31. The molecular formula is C10H18N6. The van der Waals surface area contributed by atoms with Crippen molar-refractivity contribution >= 4 is 5.84 Å². The van der Waals surface area contributed by atoms with E-state index in [1.54, 1.807) is 11.0 Å². The quantitative estimate of drug-likeness (QED) is 0.555. The van der Waals surface area contributed by atoms with E-state index in [2.05, 4.69) is 15.0 Å². The average molecular weight is 222 g/mol. The van der Waals surface area contributed by atoms with E-state index >= 15 is 0 Å². The Morgan fingerprint density at radius 3 is 2.75 bits per heavy atom. The highest BCUT2D eigenvalue weighted by Gasteiger charge is 2.21. The van der Waals surface area contributed by atoms with Crippen molar-refractivity contribution in [2.45, 2.75) is 19.4 Å². The highest BCUT2D eigenvalue weighted by atomic mass is 15.3. The maximum Gasteiger partial charge on any atom is 0.140 e. The van der Waals surface area contributed by atoms with Gasteiger partial charge in [-0.2, -0.15) is 5.10 Å². The summed E-state index contributed by atoms with van der Waals surface area (Å²) in [6.07, 6.45) is 3.54. The van der Waals surface area contributed by atoms with Crippen LogP contribution in [0.5, 0.6) is 0 Å². The third-order valence-electron chi connectivity index (χ3n) is 3.20. The van der Waals surface area contributed by atoms with Crippen LogP contribution in [0.25, 0.3) is 0 Å². The lowest BCUT2D eigenvalue weighted by atomic mass is 9.96. The number of nitrogens with zero attached hydrogens (tertiary/aromatic N) is 4. The summed E-state index contributed by atoms with van der Waals surface area (Å²) in [5.41, 5.74) is 5.51. The number of piperidine rings is 1. The number of amidine groups is 1. The van der Waals surface area contributed by atoms with E-state index in [1.807, 2.05) is 7.05 Å².